The zero-order valence-electron chi connectivity index (χ0n) is 29.9. The lowest BCUT2D eigenvalue weighted by Crippen LogP contribution is -2.55. The Kier molecular flexibility index (Phi) is 12.1. The van der Waals surface area contributed by atoms with Crippen LogP contribution < -0.4 is 10.6 Å². The summed E-state index contributed by atoms with van der Waals surface area (Å²) in [5.41, 5.74) is 7.49. The molecule has 2 atom stereocenters. The Balaban J connectivity index is 1.22. The zero-order chi connectivity index (χ0) is 37.2. The molecule has 0 radical (unpaired) electrons. The monoisotopic (exact) mass is 724 g/mol. The van der Waals surface area contributed by atoms with Crippen LogP contribution in [0.15, 0.2) is 152 Å². The highest BCUT2D eigenvalue weighted by molar-refractivity contribution is 8.00. The van der Waals surface area contributed by atoms with Crippen LogP contribution in [0.3, 0.4) is 0 Å². The number of thioether (sulfide) groups is 1. The predicted octanol–water partition coefficient (Wildman–Crippen LogP) is 8.49. The molecule has 2 N–H and O–H groups in total. The van der Waals surface area contributed by atoms with Gasteiger partial charge in [-0.25, -0.2) is 9.59 Å². The van der Waals surface area contributed by atoms with Crippen LogP contribution in [0.1, 0.15) is 47.6 Å². The number of amides is 2. The Hall–Kier alpha value is -5.60. The van der Waals surface area contributed by atoms with Gasteiger partial charge in [0.25, 0.3) is 0 Å². The van der Waals surface area contributed by atoms with Gasteiger partial charge in [0.1, 0.15) is 25.3 Å². The summed E-state index contributed by atoms with van der Waals surface area (Å²) in [7, 11) is 0. The molecule has 0 saturated carbocycles. The molecule has 270 valence electrons. The van der Waals surface area contributed by atoms with Gasteiger partial charge in [-0.1, -0.05) is 166 Å². The van der Waals surface area contributed by atoms with Crippen LogP contribution in [0.2, 0.25) is 0 Å². The molecule has 6 rings (SSSR count). The Morgan fingerprint density at radius 3 is 1.64 bits per heavy atom. The molecule has 53 heavy (non-hydrogen) atoms. The minimum atomic E-state index is -1.05. The smallest absolute Gasteiger partial charge is 0.407 e. The maximum atomic E-state index is 14.0. The highest BCUT2D eigenvalue weighted by atomic mass is 32.2. The second kappa shape index (κ2) is 17.3. The number of carbonyl (C=O) groups excluding carboxylic acids is 3. The van der Waals surface area contributed by atoms with E-state index in [9.17, 15) is 14.4 Å². The van der Waals surface area contributed by atoms with Gasteiger partial charge in [0.2, 0.25) is 5.91 Å². The molecule has 5 aromatic rings. The largest absolute Gasteiger partial charge is 0.460 e. The molecule has 5 aromatic carbocycles. The number of hydrogen-bond donors (Lipinski definition) is 2. The van der Waals surface area contributed by atoms with Gasteiger partial charge in [-0.2, -0.15) is 0 Å². The van der Waals surface area contributed by atoms with Crippen molar-refractivity contribution in [2.75, 3.05) is 19.0 Å². The number of esters is 1. The molecule has 1 aliphatic carbocycles. The molecule has 0 heterocycles. The van der Waals surface area contributed by atoms with E-state index in [2.05, 4.69) is 77.9 Å². The molecule has 0 bridgehead atoms. The summed E-state index contributed by atoms with van der Waals surface area (Å²) in [5.74, 6) is -1.39. The summed E-state index contributed by atoms with van der Waals surface area (Å²) in [5, 5.41) is 5.70. The number of fused-ring (bicyclic) bond motifs is 3. The van der Waals surface area contributed by atoms with E-state index in [0.29, 0.717) is 0 Å². The number of rotatable bonds is 15. The third-order valence-corrected chi connectivity index (χ3v) is 11.2. The molecule has 1 aliphatic rings. The van der Waals surface area contributed by atoms with Gasteiger partial charge < -0.3 is 20.1 Å². The molecule has 0 aliphatic heterocycles. The standard InChI is InChI=1S/C45H44N2O5S/c1-4-28-51-43(49)40(30-53-45(32-18-8-5-9-19-32,33-20-10-6-11-21-33)34-22-12-7-13-23-34)46-42(48)41(31(2)3)47-44(50)52-29-39-37-26-16-14-24-35(37)36-25-15-17-27-38(36)39/h4-27,31,39-41H,1,28-30H2,2-3H3,(H,46,48)(H,47,50)/t40-,41+/m0/s1. The first kappa shape index (κ1) is 37.2. The van der Waals surface area contributed by atoms with Crippen molar-refractivity contribution in [1.29, 1.82) is 0 Å². The second-order valence-corrected chi connectivity index (χ2v) is 14.5. The number of benzene rings is 5. The van der Waals surface area contributed by atoms with E-state index in [0.717, 1.165) is 38.9 Å². The van der Waals surface area contributed by atoms with E-state index in [1.54, 1.807) is 0 Å². The van der Waals surface area contributed by atoms with Crippen molar-refractivity contribution in [3.63, 3.8) is 0 Å². The third kappa shape index (κ3) is 8.23. The van der Waals surface area contributed by atoms with E-state index in [1.165, 1.54) is 17.8 Å². The number of hydrogen-bond acceptors (Lipinski definition) is 6. The summed E-state index contributed by atoms with van der Waals surface area (Å²) in [6, 6.07) is 44.5. The SMILES string of the molecule is C=CCOC(=O)[C@H](CSC(c1ccccc1)(c1ccccc1)c1ccccc1)NC(=O)[C@H](NC(=O)OCC1c2ccccc2-c2ccccc21)C(C)C. The molecule has 7 nitrogen and oxygen atoms in total. The molecule has 0 aromatic heterocycles. The summed E-state index contributed by atoms with van der Waals surface area (Å²) in [6.45, 7) is 7.45. The molecular formula is C45H44N2O5S. The highest BCUT2D eigenvalue weighted by Gasteiger charge is 2.39. The van der Waals surface area contributed by atoms with Crippen molar-refractivity contribution < 1.29 is 23.9 Å². The lowest BCUT2D eigenvalue weighted by atomic mass is 9.84. The molecule has 2 amide bonds. The van der Waals surface area contributed by atoms with Gasteiger partial charge in [0, 0.05) is 11.7 Å². The van der Waals surface area contributed by atoms with Crippen LogP contribution in [0, 0.1) is 5.92 Å². The maximum Gasteiger partial charge on any atom is 0.407 e. The van der Waals surface area contributed by atoms with Crippen LogP contribution >= 0.6 is 11.8 Å². The van der Waals surface area contributed by atoms with E-state index < -0.39 is 34.8 Å². The van der Waals surface area contributed by atoms with Crippen molar-refractivity contribution in [2.45, 2.75) is 36.6 Å². The average molecular weight is 725 g/mol. The Labute approximate surface area is 315 Å². The van der Waals surface area contributed by atoms with Gasteiger partial charge in [-0.15, -0.1) is 11.8 Å². The summed E-state index contributed by atoms with van der Waals surface area (Å²) in [4.78, 5) is 40.9. The van der Waals surface area contributed by atoms with Crippen LogP contribution in [0.25, 0.3) is 11.1 Å². The summed E-state index contributed by atoms with van der Waals surface area (Å²) < 4.78 is 10.6. The fourth-order valence-corrected chi connectivity index (χ4v) is 8.50. The van der Waals surface area contributed by atoms with Crippen LogP contribution in [0.4, 0.5) is 4.79 Å². The minimum Gasteiger partial charge on any atom is -0.460 e. The second-order valence-electron chi connectivity index (χ2n) is 13.3. The van der Waals surface area contributed by atoms with E-state index in [4.69, 9.17) is 9.47 Å². The zero-order valence-corrected chi connectivity index (χ0v) is 30.8. The maximum absolute atomic E-state index is 14.0. The molecular weight excluding hydrogens is 681 g/mol. The van der Waals surface area contributed by atoms with Gasteiger partial charge >= 0.3 is 12.1 Å². The quantitative estimate of drug-likeness (QED) is 0.0639. The van der Waals surface area contributed by atoms with Crippen LogP contribution in [-0.2, 0) is 23.8 Å². The van der Waals surface area contributed by atoms with Crippen molar-refractivity contribution in [3.05, 3.63) is 180 Å². The highest BCUT2D eigenvalue weighted by Crippen LogP contribution is 2.49. The first-order chi connectivity index (χ1) is 25.8. The van der Waals surface area contributed by atoms with Crippen molar-refractivity contribution in [2.24, 2.45) is 5.92 Å². The molecule has 0 spiro atoms. The fourth-order valence-electron chi connectivity index (χ4n) is 6.95. The summed E-state index contributed by atoms with van der Waals surface area (Å²) in [6.07, 6.45) is 0.777. The predicted molar refractivity (Wildman–Crippen MR) is 212 cm³/mol. The molecule has 8 heteroatoms. The minimum absolute atomic E-state index is 0.0112. The number of alkyl carbamates (subject to hydrolysis) is 1. The first-order valence-corrected chi connectivity index (χ1v) is 18.8. The van der Waals surface area contributed by atoms with Gasteiger partial charge in [0.05, 0.1) is 4.75 Å². The molecule has 0 saturated heterocycles. The van der Waals surface area contributed by atoms with E-state index in [-0.39, 0.29) is 30.8 Å². The van der Waals surface area contributed by atoms with Crippen molar-refractivity contribution in [3.8, 4) is 11.1 Å². The third-order valence-electron chi connectivity index (χ3n) is 9.52. The van der Waals surface area contributed by atoms with Gasteiger partial charge in [0.15, 0.2) is 0 Å². The molecule has 0 unspecified atom stereocenters. The van der Waals surface area contributed by atoms with Crippen LogP contribution in [0.5, 0.6) is 0 Å². The van der Waals surface area contributed by atoms with E-state index in [1.807, 2.05) is 92.7 Å². The normalized spacial score (nSPS) is 13.3. The number of nitrogens with one attached hydrogen (secondary N) is 2. The topological polar surface area (TPSA) is 93.7 Å². The molecule has 0 fully saturated rings. The first-order valence-electron chi connectivity index (χ1n) is 17.8. The Morgan fingerprint density at radius 2 is 1.17 bits per heavy atom. The Morgan fingerprint density at radius 1 is 0.698 bits per heavy atom. The fraction of sp³-hybridized carbons (Fsp3) is 0.222. The van der Waals surface area contributed by atoms with E-state index >= 15 is 0 Å². The number of ether oxygens (including phenoxy) is 2. The number of carbonyl (C=O) groups is 3. The van der Waals surface area contributed by atoms with Crippen molar-refractivity contribution >= 4 is 29.7 Å². The van der Waals surface area contributed by atoms with Gasteiger partial charge in [-0.3, -0.25) is 4.79 Å². The average Bonchev–Trinajstić information content (AvgIpc) is 3.52. The van der Waals surface area contributed by atoms with Crippen molar-refractivity contribution in [1.82, 2.24) is 10.6 Å². The summed E-state index contributed by atoms with van der Waals surface area (Å²) >= 11 is 1.53. The lowest BCUT2D eigenvalue weighted by molar-refractivity contribution is -0.146. The lowest BCUT2D eigenvalue weighted by Gasteiger charge is -2.36. The Bertz CT molecular complexity index is 1880. The van der Waals surface area contributed by atoms with Crippen LogP contribution in [-0.4, -0.2) is 49.0 Å². The van der Waals surface area contributed by atoms with Gasteiger partial charge in [-0.05, 0) is 44.9 Å².